The van der Waals surface area contributed by atoms with Gasteiger partial charge in [0.15, 0.2) is 0 Å². The molecule has 1 unspecified atom stereocenters. The van der Waals surface area contributed by atoms with Crippen LogP contribution in [0.25, 0.3) is 10.4 Å². The normalized spacial score (nSPS) is 12.5. The van der Waals surface area contributed by atoms with Gasteiger partial charge in [0.25, 0.3) is 0 Å². The molecule has 0 saturated heterocycles. The molecule has 0 bridgehead atoms. The second kappa shape index (κ2) is 7.73. The number of thiophene rings is 1. The Morgan fingerprint density at radius 3 is 2.63 bits per heavy atom. The zero-order valence-electron chi connectivity index (χ0n) is 11.6. The summed E-state index contributed by atoms with van der Waals surface area (Å²) in [6, 6.07) is 15.7. The molecule has 1 heterocycles. The van der Waals surface area contributed by atoms with E-state index >= 15 is 0 Å². The highest BCUT2D eigenvalue weighted by atomic mass is 32.2. The predicted octanol–water partition coefficient (Wildman–Crippen LogP) is 4.65. The van der Waals surface area contributed by atoms with E-state index in [2.05, 4.69) is 61.0 Å². The molecule has 0 aliphatic carbocycles. The van der Waals surface area contributed by atoms with Crippen molar-refractivity contribution in [1.82, 2.24) is 5.32 Å². The van der Waals surface area contributed by atoms with Gasteiger partial charge in [0.2, 0.25) is 0 Å². The number of rotatable bonds is 7. The van der Waals surface area contributed by atoms with Gasteiger partial charge in [-0.3, -0.25) is 0 Å². The maximum absolute atomic E-state index is 3.64. The van der Waals surface area contributed by atoms with Crippen molar-refractivity contribution >= 4 is 23.1 Å². The monoisotopic (exact) mass is 291 g/mol. The molecule has 1 aromatic carbocycles. The summed E-state index contributed by atoms with van der Waals surface area (Å²) in [4.78, 5) is 2.77. The van der Waals surface area contributed by atoms with E-state index in [-0.39, 0.29) is 0 Å². The second-order valence-electron chi connectivity index (χ2n) is 4.57. The number of nitrogens with one attached hydrogen (secondary N) is 1. The van der Waals surface area contributed by atoms with Gasteiger partial charge >= 0.3 is 0 Å². The fourth-order valence-electron chi connectivity index (χ4n) is 2.00. The SMILES string of the molecule is CCC(CSC)NCc1ccc(-c2ccccc2)s1. The van der Waals surface area contributed by atoms with Crippen LogP contribution in [0, 0.1) is 0 Å². The van der Waals surface area contributed by atoms with Crippen LogP contribution >= 0.6 is 23.1 Å². The van der Waals surface area contributed by atoms with Crippen LogP contribution in [0.5, 0.6) is 0 Å². The standard InChI is InChI=1S/C16H21NS2/c1-3-14(12-18-2)17-11-15-9-10-16(19-15)13-7-5-4-6-8-13/h4-10,14,17H,3,11-12H2,1-2H3. The second-order valence-corrected chi connectivity index (χ2v) is 6.65. The molecule has 1 N–H and O–H groups in total. The summed E-state index contributed by atoms with van der Waals surface area (Å²) in [6.07, 6.45) is 3.36. The molecule has 3 heteroatoms. The van der Waals surface area contributed by atoms with Crippen molar-refractivity contribution in [2.24, 2.45) is 0 Å². The van der Waals surface area contributed by atoms with E-state index in [0.717, 1.165) is 6.54 Å². The van der Waals surface area contributed by atoms with Gasteiger partial charge in [-0.15, -0.1) is 11.3 Å². The topological polar surface area (TPSA) is 12.0 Å². The lowest BCUT2D eigenvalue weighted by Gasteiger charge is -2.14. The first-order valence-corrected chi connectivity index (χ1v) is 8.91. The third kappa shape index (κ3) is 4.37. The van der Waals surface area contributed by atoms with Crippen molar-refractivity contribution in [2.45, 2.75) is 25.9 Å². The summed E-state index contributed by atoms with van der Waals surface area (Å²) in [7, 11) is 0. The number of hydrogen-bond acceptors (Lipinski definition) is 3. The minimum Gasteiger partial charge on any atom is -0.308 e. The molecule has 2 aromatic rings. The van der Waals surface area contributed by atoms with Crippen molar-refractivity contribution in [3.8, 4) is 10.4 Å². The Balaban J connectivity index is 1.94. The van der Waals surface area contributed by atoms with Crippen molar-refractivity contribution in [2.75, 3.05) is 12.0 Å². The molecule has 2 rings (SSSR count). The molecule has 1 nitrogen and oxygen atoms in total. The van der Waals surface area contributed by atoms with Gasteiger partial charge in [0.1, 0.15) is 0 Å². The lowest BCUT2D eigenvalue weighted by molar-refractivity contribution is 0.544. The highest BCUT2D eigenvalue weighted by molar-refractivity contribution is 7.98. The fourth-order valence-corrected chi connectivity index (χ4v) is 3.72. The Kier molecular flexibility index (Phi) is 5.95. The molecule has 0 amide bonds. The zero-order valence-corrected chi connectivity index (χ0v) is 13.2. The van der Waals surface area contributed by atoms with Crippen LogP contribution in [0.3, 0.4) is 0 Å². The van der Waals surface area contributed by atoms with Crippen LogP contribution in [-0.4, -0.2) is 18.1 Å². The minimum absolute atomic E-state index is 0.622. The summed E-state index contributed by atoms with van der Waals surface area (Å²) >= 11 is 3.80. The Morgan fingerprint density at radius 1 is 1.16 bits per heavy atom. The van der Waals surface area contributed by atoms with E-state index in [9.17, 15) is 0 Å². The van der Waals surface area contributed by atoms with Crippen LogP contribution in [0.2, 0.25) is 0 Å². The molecule has 0 spiro atoms. The van der Waals surface area contributed by atoms with Gasteiger partial charge in [-0.25, -0.2) is 0 Å². The van der Waals surface area contributed by atoms with Gasteiger partial charge in [-0.05, 0) is 30.4 Å². The Morgan fingerprint density at radius 2 is 1.95 bits per heavy atom. The maximum Gasteiger partial charge on any atom is 0.0346 e. The average Bonchev–Trinajstić information content (AvgIpc) is 2.93. The Bertz CT molecular complexity index is 479. The highest BCUT2D eigenvalue weighted by Crippen LogP contribution is 2.27. The number of hydrogen-bond donors (Lipinski definition) is 1. The van der Waals surface area contributed by atoms with Crippen LogP contribution in [0.4, 0.5) is 0 Å². The summed E-state index contributed by atoms with van der Waals surface area (Å²) in [5.74, 6) is 1.19. The smallest absolute Gasteiger partial charge is 0.0346 e. The summed E-state index contributed by atoms with van der Waals surface area (Å²) in [5.41, 5.74) is 1.31. The molecule has 1 atom stereocenters. The first-order valence-electron chi connectivity index (χ1n) is 6.70. The fraction of sp³-hybridized carbons (Fsp3) is 0.375. The first-order chi connectivity index (χ1) is 9.33. The van der Waals surface area contributed by atoms with Crippen molar-refractivity contribution in [1.29, 1.82) is 0 Å². The molecule has 0 radical (unpaired) electrons. The molecule has 102 valence electrons. The van der Waals surface area contributed by atoms with E-state index in [0.29, 0.717) is 6.04 Å². The molecule has 1 aromatic heterocycles. The van der Waals surface area contributed by atoms with Gasteiger partial charge in [-0.1, -0.05) is 37.3 Å². The zero-order chi connectivity index (χ0) is 13.5. The molecule has 0 fully saturated rings. The lowest BCUT2D eigenvalue weighted by Crippen LogP contribution is -2.29. The molecular weight excluding hydrogens is 270 g/mol. The van der Waals surface area contributed by atoms with Crippen molar-refractivity contribution < 1.29 is 0 Å². The van der Waals surface area contributed by atoms with Crippen LogP contribution in [-0.2, 0) is 6.54 Å². The van der Waals surface area contributed by atoms with Crippen molar-refractivity contribution in [3.05, 3.63) is 47.3 Å². The highest BCUT2D eigenvalue weighted by Gasteiger charge is 2.06. The third-order valence-electron chi connectivity index (χ3n) is 3.15. The third-order valence-corrected chi connectivity index (χ3v) is 5.02. The summed E-state index contributed by atoms with van der Waals surface area (Å²) in [6.45, 7) is 3.23. The van der Waals surface area contributed by atoms with E-state index in [1.807, 2.05) is 23.1 Å². The Labute approximate surface area is 124 Å². The van der Waals surface area contributed by atoms with Crippen LogP contribution < -0.4 is 5.32 Å². The van der Waals surface area contributed by atoms with Gasteiger partial charge < -0.3 is 5.32 Å². The Hall–Kier alpha value is -0.770. The van der Waals surface area contributed by atoms with Crippen LogP contribution in [0.15, 0.2) is 42.5 Å². The molecular formula is C16H21NS2. The minimum atomic E-state index is 0.622. The van der Waals surface area contributed by atoms with E-state index in [1.54, 1.807) is 0 Å². The van der Waals surface area contributed by atoms with Gasteiger partial charge in [0.05, 0.1) is 0 Å². The van der Waals surface area contributed by atoms with E-state index in [4.69, 9.17) is 0 Å². The van der Waals surface area contributed by atoms with E-state index < -0.39 is 0 Å². The lowest BCUT2D eigenvalue weighted by atomic mass is 10.2. The summed E-state index contributed by atoms with van der Waals surface area (Å²) < 4.78 is 0. The quantitative estimate of drug-likeness (QED) is 0.797. The van der Waals surface area contributed by atoms with Crippen molar-refractivity contribution in [3.63, 3.8) is 0 Å². The van der Waals surface area contributed by atoms with Crippen LogP contribution in [0.1, 0.15) is 18.2 Å². The first kappa shape index (κ1) is 14.6. The van der Waals surface area contributed by atoms with Gasteiger partial charge in [0, 0.05) is 28.1 Å². The van der Waals surface area contributed by atoms with Gasteiger partial charge in [-0.2, -0.15) is 11.8 Å². The molecule has 19 heavy (non-hydrogen) atoms. The predicted molar refractivity (Wildman–Crippen MR) is 89.1 cm³/mol. The molecule has 0 aliphatic rings. The largest absolute Gasteiger partial charge is 0.308 e. The number of thioether (sulfide) groups is 1. The van der Waals surface area contributed by atoms with E-state index in [1.165, 1.54) is 27.5 Å². The average molecular weight is 291 g/mol. The molecule has 0 aliphatic heterocycles. The molecule has 0 saturated carbocycles. The number of benzene rings is 1. The maximum atomic E-state index is 3.64. The summed E-state index contributed by atoms with van der Waals surface area (Å²) in [5, 5.41) is 3.64.